The molecule has 2 aromatic rings. The van der Waals surface area contributed by atoms with Gasteiger partial charge in [0.1, 0.15) is 5.75 Å². The number of rotatable bonds is 6. The summed E-state index contributed by atoms with van der Waals surface area (Å²) in [6.07, 6.45) is 0.721. The highest BCUT2D eigenvalue weighted by Gasteiger charge is 2.23. The summed E-state index contributed by atoms with van der Waals surface area (Å²) in [7, 11) is 0. The van der Waals surface area contributed by atoms with Crippen molar-refractivity contribution in [2.45, 2.75) is 13.0 Å². The van der Waals surface area contributed by atoms with Crippen molar-refractivity contribution in [3.63, 3.8) is 0 Å². The summed E-state index contributed by atoms with van der Waals surface area (Å²) >= 11 is 1.16. The van der Waals surface area contributed by atoms with E-state index in [2.05, 4.69) is 10.3 Å². The molecule has 2 aromatic carbocycles. The number of aliphatic imine (C=N–C) groups is 1. The van der Waals surface area contributed by atoms with Crippen molar-refractivity contribution in [2.75, 3.05) is 0 Å². The first-order valence-corrected chi connectivity index (χ1v) is 9.26. The van der Waals surface area contributed by atoms with Crippen LogP contribution in [-0.4, -0.2) is 39.3 Å². The van der Waals surface area contributed by atoms with E-state index in [0.29, 0.717) is 21.5 Å². The molecular weight excluding hydrogens is 396 g/mol. The number of carboxylic acid groups (broad SMARTS) is 2. The molecule has 1 fully saturated rings. The zero-order valence-electron chi connectivity index (χ0n) is 15.2. The fourth-order valence-corrected chi connectivity index (χ4v) is 3.17. The Bertz CT molecular complexity index is 1010. The molecule has 1 saturated heterocycles. The molecule has 3 N–H and O–H groups in total. The fraction of sp³-hybridized carbons (Fsp3) is 0.100. The highest BCUT2D eigenvalue weighted by atomic mass is 32.2. The second-order valence-electron chi connectivity index (χ2n) is 6.00. The van der Waals surface area contributed by atoms with E-state index in [1.165, 1.54) is 19.1 Å². The zero-order valence-corrected chi connectivity index (χ0v) is 16.0. The lowest BCUT2D eigenvalue weighted by Gasteiger charge is -2.10. The predicted molar refractivity (Wildman–Crippen MR) is 108 cm³/mol. The Hall–Kier alpha value is -3.59. The van der Waals surface area contributed by atoms with Crippen LogP contribution in [0.3, 0.4) is 0 Å². The van der Waals surface area contributed by atoms with Crippen LogP contribution in [0.1, 0.15) is 22.8 Å². The average Bonchev–Trinajstić information content (AvgIpc) is 3.02. The summed E-state index contributed by atoms with van der Waals surface area (Å²) in [5, 5.41) is 20.8. The molecule has 0 spiro atoms. The first-order chi connectivity index (χ1) is 13.8. The Morgan fingerprint density at radius 1 is 1.10 bits per heavy atom. The molecular formula is C20H16N2O6S. The van der Waals surface area contributed by atoms with Crippen LogP contribution in [0.2, 0.25) is 0 Å². The molecule has 8 nitrogen and oxygen atoms in total. The molecule has 1 aliphatic heterocycles. The third-order valence-electron chi connectivity index (χ3n) is 3.83. The lowest BCUT2D eigenvalue weighted by molar-refractivity contribution is -0.144. The van der Waals surface area contributed by atoms with Crippen molar-refractivity contribution in [3.8, 4) is 5.75 Å². The van der Waals surface area contributed by atoms with Gasteiger partial charge in [-0.1, -0.05) is 12.1 Å². The number of carbonyl (C=O) groups excluding carboxylic acids is 1. The SMILES string of the molecule is CC(Oc1ccc(/C=C2\SC(=Nc3ccc(C(=O)O)cc3)NC2=O)cc1)C(=O)O. The van der Waals surface area contributed by atoms with E-state index < -0.39 is 18.0 Å². The summed E-state index contributed by atoms with van der Waals surface area (Å²) in [4.78, 5) is 38.6. The Labute approximate surface area is 169 Å². The number of carboxylic acids is 2. The first kappa shape index (κ1) is 20.2. The van der Waals surface area contributed by atoms with Gasteiger partial charge in [0.15, 0.2) is 11.3 Å². The molecule has 1 unspecified atom stereocenters. The smallest absolute Gasteiger partial charge is 0.344 e. The van der Waals surface area contributed by atoms with Gasteiger partial charge < -0.3 is 20.3 Å². The maximum Gasteiger partial charge on any atom is 0.344 e. The molecule has 1 atom stereocenters. The molecule has 1 amide bonds. The van der Waals surface area contributed by atoms with Crippen molar-refractivity contribution in [3.05, 3.63) is 64.6 Å². The lowest BCUT2D eigenvalue weighted by atomic mass is 10.2. The molecule has 0 bridgehead atoms. The zero-order chi connectivity index (χ0) is 21.0. The van der Waals surface area contributed by atoms with Gasteiger partial charge in [-0.15, -0.1) is 0 Å². The molecule has 0 saturated carbocycles. The molecule has 1 aliphatic rings. The van der Waals surface area contributed by atoms with Crippen molar-refractivity contribution < 1.29 is 29.3 Å². The number of nitrogens with zero attached hydrogens (tertiary/aromatic N) is 1. The molecule has 148 valence electrons. The van der Waals surface area contributed by atoms with Gasteiger partial charge in [-0.25, -0.2) is 14.6 Å². The fourth-order valence-electron chi connectivity index (χ4n) is 2.32. The van der Waals surface area contributed by atoms with Crippen LogP contribution < -0.4 is 10.1 Å². The van der Waals surface area contributed by atoms with Crippen molar-refractivity contribution in [2.24, 2.45) is 4.99 Å². The molecule has 1 heterocycles. The number of hydrogen-bond donors (Lipinski definition) is 3. The first-order valence-electron chi connectivity index (χ1n) is 8.44. The topological polar surface area (TPSA) is 125 Å². The third-order valence-corrected chi connectivity index (χ3v) is 4.74. The monoisotopic (exact) mass is 412 g/mol. The predicted octanol–water partition coefficient (Wildman–Crippen LogP) is 3.13. The molecule has 3 rings (SSSR count). The number of ether oxygens (including phenoxy) is 1. The van der Waals surface area contributed by atoms with Crippen molar-refractivity contribution in [1.29, 1.82) is 0 Å². The van der Waals surface area contributed by atoms with Gasteiger partial charge in [-0.05, 0) is 66.7 Å². The number of nitrogens with one attached hydrogen (secondary N) is 1. The normalized spacial score (nSPS) is 17.2. The Morgan fingerprint density at radius 2 is 1.76 bits per heavy atom. The summed E-state index contributed by atoms with van der Waals surface area (Å²) < 4.78 is 5.27. The lowest BCUT2D eigenvalue weighted by Crippen LogP contribution is -2.22. The highest BCUT2D eigenvalue weighted by molar-refractivity contribution is 8.18. The van der Waals surface area contributed by atoms with Gasteiger partial charge in [-0.2, -0.15) is 0 Å². The molecule has 0 radical (unpaired) electrons. The Kier molecular flexibility index (Phi) is 5.99. The van der Waals surface area contributed by atoms with Crippen LogP contribution in [0, 0.1) is 0 Å². The number of amidine groups is 1. The van der Waals surface area contributed by atoms with Gasteiger partial charge in [0.25, 0.3) is 5.91 Å². The quantitative estimate of drug-likeness (QED) is 0.623. The summed E-state index contributed by atoms with van der Waals surface area (Å²) in [6, 6.07) is 12.7. The number of benzene rings is 2. The van der Waals surface area contributed by atoms with Crippen LogP contribution >= 0.6 is 11.8 Å². The summed E-state index contributed by atoms with van der Waals surface area (Å²) in [5.41, 5.74) is 1.42. The van der Waals surface area contributed by atoms with Crippen molar-refractivity contribution in [1.82, 2.24) is 5.32 Å². The molecule has 29 heavy (non-hydrogen) atoms. The third kappa shape index (κ3) is 5.23. The Balaban J connectivity index is 1.70. The number of amides is 1. The van der Waals surface area contributed by atoms with E-state index in [1.807, 2.05) is 0 Å². The van der Waals surface area contributed by atoms with Crippen LogP contribution in [0.25, 0.3) is 6.08 Å². The van der Waals surface area contributed by atoms with E-state index in [0.717, 1.165) is 17.3 Å². The number of thioether (sulfide) groups is 1. The number of hydrogen-bond acceptors (Lipinski definition) is 6. The minimum absolute atomic E-state index is 0.155. The van der Waals surface area contributed by atoms with Gasteiger partial charge >= 0.3 is 11.9 Å². The van der Waals surface area contributed by atoms with Crippen LogP contribution in [0.15, 0.2) is 58.4 Å². The Morgan fingerprint density at radius 3 is 2.34 bits per heavy atom. The van der Waals surface area contributed by atoms with E-state index in [9.17, 15) is 14.4 Å². The minimum atomic E-state index is -1.06. The molecule has 0 aliphatic carbocycles. The largest absolute Gasteiger partial charge is 0.479 e. The number of aromatic carboxylic acids is 1. The second-order valence-corrected chi connectivity index (χ2v) is 7.03. The second kappa shape index (κ2) is 8.61. The number of carbonyl (C=O) groups is 3. The average molecular weight is 412 g/mol. The number of aliphatic carboxylic acids is 1. The standard InChI is InChI=1S/C20H16N2O6S/c1-11(18(24)25)28-15-8-2-12(3-9-15)10-16-17(23)22-20(29-16)21-14-6-4-13(5-7-14)19(26)27/h2-11H,1H3,(H,24,25)(H,26,27)(H,21,22,23)/b16-10-. The maximum atomic E-state index is 12.2. The summed E-state index contributed by atoms with van der Waals surface area (Å²) in [5.74, 6) is -1.96. The van der Waals surface area contributed by atoms with E-state index >= 15 is 0 Å². The van der Waals surface area contributed by atoms with E-state index in [-0.39, 0.29) is 11.5 Å². The van der Waals surface area contributed by atoms with E-state index in [4.69, 9.17) is 14.9 Å². The van der Waals surface area contributed by atoms with Gasteiger partial charge in [0.05, 0.1) is 16.2 Å². The van der Waals surface area contributed by atoms with Crippen LogP contribution in [-0.2, 0) is 9.59 Å². The van der Waals surface area contributed by atoms with Crippen LogP contribution in [0.5, 0.6) is 5.75 Å². The maximum absolute atomic E-state index is 12.2. The molecule has 9 heteroatoms. The highest BCUT2D eigenvalue weighted by Crippen LogP contribution is 2.28. The summed E-state index contributed by atoms with van der Waals surface area (Å²) in [6.45, 7) is 1.44. The van der Waals surface area contributed by atoms with Crippen molar-refractivity contribution >= 4 is 46.5 Å². The van der Waals surface area contributed by atoms with Crippen LogP contribution in [0.4, 0.5) is 5.69 Å². The van der Waals surface area contributed by atoms with Gasteiger partial charge in [0, 0.05) is 0 Å². The molecule has 0 aromatic heterocycles. The van der Waals surface area contributed by atoms with E-state index in [1.54, 1.807) is 42.5 Å². The van der Waals surface area contributed by atoms with Gasteiger partial charge in [-0.3, -0.25) is 4.79 Å². The minimum Gasteiger partial charge on any atom is -0.479 e. The van der Waals surface area contributed by atoms with Gasteiger partial charge in [0.2, 0.25) is 0 Å².